The van der Waals surface area contributed by atoms with Crippen molar-refractivity contribution in [2.75, 3.05) is 27.3 Å². The van der Waals surface area contributed by atoms with Crippen LogP contribution in [-0.2, 0) is 19.5 Å². The second-order valence-electron chi connectivity index (χ2n) is 10.4. The molecule has 0 aromatic heterocycles. The van der Waals surface area contributed by atoms with Gasteiger partial charge in [0.2, 0.25) is 0 Å². The van der Waals surface area contributed by atoms with Gasteiger partial charge in [-0.25, -0.2) is 0 Å². The molecule has 0 N–H and O–H groups in total. The summed E-state index contributed by atoms with van der Waals surface area (Å²) in [5.74, 6) is 2.30. The van der Waals surface area contributed by atoms with Crippen LogP contribution in [0.3, 0.4) is 0 Å². The second-order valence-corrected chi connectivity index (χ2v) is 10.4. The topological polar surface area (TPSA) is 35.5 Å². The molecule has 0 spiro atoms. The number of carbonyl (C=O) groups excluding carboxylic acids is 1. The molecule has 0 amide bonds. The van der Waals surface area contributed by atoms with Crippen molar-refractivity contribution in [3.8, 4) is 11.5 Å². The van der Waals surface area contributed by atoms with Crippen LogP contribution in [0.2, 0.25) is 0 Å². The van der Waals surface area contributed by atoms with E-state index < -0.39 is 0 Å². The van der Waals surface area contributed by atoms with Gasteiger partial charge in [-0.05, 0) is 49.3 Å². The maximum absolute atomic E-state index is 13.2. The molecule has 4 nitrogen and oxygen atoms in total. The zero-order chi connectivity index (χ0) is 24.3. The Morgan fingerprint density at radius 1 is 0.800 bits per heavy atom. The minimum atomic E-state index is 0.0788. The van der Waals surface area contributed by atoms with Crippen LogP contribution in [0.25, 0.3) is 0 Å². The van der Waals surface area contributed by atoms with E-state index in [1.54, 1.807) is 14.2 Å². The number of ketones is 1. The third kappa shape index (κ3) is 5.13. The number of Topliss-reactive ketones (excluding diaryl/α,β-unsaturated/α-hetero) is 1. The van der Waals surface area contributed by atoms with Crippen LogP contribution in [0, 0.1) is 11.8 Å². The molecule has 1 fully saturated rings. The van der Waals surface area contributed by atoms with E-state index in [2.05, 4.69) is 60.7 Å². The Balaban J connectivity index is 1.27. The number of quaternary nitrogens is 1. The molecule has 4 heteroatoms. The number of likely N-dealkylation sites (tertiary alicyclic amines) is 1. The van der Waals surface area contributed by atoms with Crippen LogP contribution in [-0.4, -0.2) is 37.6 Å². The van der Waals surface area contributed by atoms with Crippen molar-refractivity contribution in [1.82, 2.24) is 0 Å². The summed E-state index contributed by atoms with van der Waals surface area (Å²) in [5, 5.41) is 0. The number of benzene rings is 3. The van der Waals surface area contributed by atoms with Gasteiger partial charge in [-0.15, -0.1) is 0 Å². The number of rotatable bonds is 8. The predicted molar refractivity (Wildman–Crippen MR) is 139 cm³/mol. The van der Waals surface area contributed by atoms with Crippen molar-refractivity contribution in [2.24, 2.45) is 11.8 Å². The van der Waals surface area contributed by atoms with Crippen LogP contribution in [0.5, 0.6) is 11.5 Å². The molecule has 0 bridgehead atoms. The molecule has 0 unspecified atom stereocenters. The Morgan fingerprint density at radius 3 is 1.89 bits per heavy atom. The van der Waals surface area contributed by atoms with Gasteiger partial charge < -0.3 is 14.0 Å². The van der Waals surface area contributed by atoms with Crippen molar-refractivity contribution >= 4 is 5.78 Å². The minimum Gasteiger partial charge on any atom is -0.493 e. The molecule has 1 aliphatic heterocycles. The lowest BCUT2D eigenvalue weighted by atomic mass is 9.84. The summed E-state index contributed by atoms with van der Waals surface area (Å²) < 4.78 is 12.0. The first-order valence-electron chi connectivity index (χ1n) is 12.8. The summed E-state index contributed by atoms with van der Waals surface area (Å²) in [4.78, 5) is 13.2. The van der Waals surface area contributed by atoms with Gasteiger partial charge in [0.15, 0.2) is 17.3 Å². The standard InChI is InChI=1S/C31H36NO3/c1-34-29-19-26-18-27(31(33)28(26)20-30(29)35-2)17-23-13-15-32(16-14-23,21-24-9-5-3-6-10-24)22-25-11-7-4-8-12-25/h3-12,19-20,23,27H,13-18,21-22H2,1-2H3/q+1/t27-/m0/s1. The lowest BCUT2D eigenvalue weighted by molar-refractivity contribution is -0.958. The number of hydrogen-bond donors (Lipinski definition) is 0. The molecule has 1 aliphatic carbocycles. The Kier molecular flexibility index (Phi) is 6.92. The third-order valence-electron chi connectivity index (χ3n) is 8.07. The van der Waals surface area contributed by atoms with E-state index in [-0.39, 0.29) is 11.7 Å². The van der Waals surface area contributed by atoms with Gasteiger partial charge in [0.05, 0.1) is 27.3 Å². The molecule has 0 radical (unpaired) electrons. The van der Waals surface area contributed by atoms with E-state index in [0.29, 0.717) is 17.4 Å². The van der Waals surface area contributed by atoms with Crippen LogP contribution in [0.4, 0.5) is 0 Å². The number of methoxy groups -OCH3 is 2. The Hall–Kier alpha value is -3.11. The van der Waals surface area contributed by atoms with Gasteiger partial charge in [0, 0.05) is 22.6 Å². The van der Waals surface area contributed by atoms with E-state index >= 15 is 0 Å². The van der Waals surface area contributed by atoms with E-state index in [1.807, 2.05) is 12.1 Å². The molecular formula is C31H36NO3+. The van der Waals surface area contributed by atoms with Gasteiger partial charge in [0.1, 0.15) is 13.1 Å². The average Bonchev–Trinajstić information content (AvgIpc) is 3.19. The van der Waals surface area contributed by atoms with Crippen molar-refractivity contribution in [3.63, 3.8) is 0 Å². The zero-order valence-corrected chi connectivity index (χ0v) is 20.9. The fraction of sp³-hybridized carbons (Fsp3) is 0.387. The Labute approximate surface area is 209 Å². The Bertz CT molecular complexity index is 1110. The highest BCUT2D eigenvalue weighted by atomic mass is 16.5. The molecule has 35 heavy (non-hydrogen) atoms. The highest BCUT2D eigenvalue weighted by molar-refractivity contribution is 6.02. The third-order valence-corrected chi connectivity index (χ3v) is 8.07. The van der Waals surface area contributed by atoms with Gasteiger partial charge in [-0.2, -0.15) is 0 Å². The molecule has 1 atom stereocenters. The lowest BCUT2D eigenvalue weighted by Crippen LogP contribution is -2.51. The van der Waals surface area contributed by atoms with E-state index in [9.17, 15) is 4.79 Å². The monoisotopic (exact) mass is 470 g/mol. The molecule has 182 valence electrons. The first kappa shape index (κ1) is 23.6. The smallest absolute Gasteiger partial charge is 0.166 e. The largest absolute Gasteiger partial charge is 0.493 e. The predicted octanol–water partition coefficient (Wildman–Crippen LogP) is 6.08. The van der Waals surface area contributed by atoms with Crippen LogP contribution >= 0.6 is 0 Å². The first-order valence-corrected chi connectivity index (χ1v) is 12.8. The summed E-state index contributed by atoms with van der Waals surface area (Å²) >= 11 is 0. The summed E-state index contributed by atoms with van der Waals surface area (Å²) in [6.07, 6.45) is 4.15. The Morgan fingerprint density at radius 2 is 1.34 bits per heavy atom. The number of ether oxygens (including phenoxy) is 2. The molecule has 1 saturated heterocycles. The van der Waals surface area contributed by atoms with Gasteiger partial charge in [-0.3, -0.25) is 4.79 Å². The highest BCUT2D eigenvalue weighted by Crippen LogP contribution is 2.40. The summed E-state index contributed by atoms with van der Waals surface area (Å²) in [5.41, 5.74) is 4.74. The van der Waals surface area contributed by atoms with Crippen molar-refractivity contribution < 1.29 is 18.8 Å². The SMILES string of the molecule is COc1cc2c(cc1OC)C(=O)[C@@H](CC1CC[N+](Cc3ccccc3)(Cc3ccccc3)CC1)C2. The van der Waals surface area contributed by atoms with Gasteiger partial charge in [0.25, 0.3) is 0 Å². The van der Waals surface area contributed by atoms with Crippen LogP contribution in [0.15, 0.2) is 72.8 Å². The maximum Gasteiger partial charge on any atom is 0.166 e. The minimum absolute atomic E-state index is 0.0788. The molecule has 2 aliphatic rings. The maximum atomic E-state index is 13.2. The van der Waals surface area contributed by atoms with Gasteiger partial charge >= 0.3 is 0 Å². The van der Waals surface area contributed by atoms with Crippen LogP contribution in [0.1, 0.15) is 46.3 Å². The quantitative estimate of drug-likeness (QED) is 0.375. The molecule has 3 aromatic carbocycles. The van der Waals surface area contributed by atoms with E-state index in [4.69, 9.17) is 9.47 Å². The number of hydrogen-bond acceptors (Lipinski definition) is 3. The summed E-state index contributed by atoms with van der Waals surface area (Å²) in [7, 11) is 3.27. The normalized spacial score (nSPS) is 19.4. The van der Waals surface area contributed by atoms with Crippen molar-refractivity contribution in [2.45, 2.75) is 38.8 Å². The molecule has 5 rings (SSSR count). The highest BCUT2D eigenvalue weighted by Gasteiger charge is 2.38. The summed E-state index contributed by atoms with van der Waals surface area (Å²) in [6.45, 7) is 4.44. The fourth-order valence-electron chi connectivity index (χ4n) is 6.21. The second kappa shape index (κ2) is 10.2. The van der Waals surface area contributed by atoms with E-state index in [0.717, 1.165) is 54.6 Å². The average molecular weight is 471 g/mol. The fourth-order valence-corrected chi connectivity index (χ4v) is 6.21. The first-order chi connectivity index (χ1) is 17.1. The number of piperidine rings is 1. The molecule has 1 heterocycles. The molecule has 0 saturated carbocycles. The number of fused-ring (bicyclic) bond motifs is 1. The van der Waals surface area contributed by atoms with E-state index in [1.165, 1.54) is 24.0 Å². The van der Waals surface area contributed by atoms with Gasteiger partial charge in [-0.1, -0.05) is 60.7 Å². The summed E-state index contributed by atoms with van der Waals surface area (Å²) in [6, 6.07) is 25.7. The number of carbonyl (C=O) groups is 1. The molecule has 3 aromatic rings. The zero-order valence-electron chi connectivity index (χ0n) is 20.9. The van der Waals surface area contributed by atoms with Crippen molar-refractivity contribution in [3.05, 3.63) is 95.1 Å². The molecular weight excluding hydrogens is 434 g/mol. The lowest BCUT2D eigenvalue weighted by Gasteiger charge is -2.44. The van der Waals surface area contributed by atoms with Crippen LogP contribution < -0.4 is 9.47 Å². The van der Waals surface area contributed by atoms with Crippen molar-refractivity contribution in [1.29, 1.82) is 0 Å². The number of nitrogens with zero attached hydrogens (tertiary/aromatic N) is 1.